The molecule has 1 unspecified atom stereocenters. The van der Waals surface area contributed by atoms with E-state index < -0.39 is 19.3 Å². The molecule has 1 aliphatic heterocycles. The molecule has 1 saturated heterocycles. The predicted molar refractivity (Wildman–Crippen MR) is 113 cm³/mol. The van der Waals surface area contributed by atoms with Gasteiger partial charge in [0, 0.05) is 43.3 Å². The van der Waals surface area contributed by atoms with Gasteiger partial charge in [0.15, 0.2) is 5.96 Å². The number of rotatable bonds is 6. The van der Waals surface area contributed by atoms with E-state index in [2.05, 4.69) is 20.4 Å². The van der Waals surface area contributed by atoms with Crippen LogP contribution in [0.25, 0.3) is 0 Å². The topological polar surface area (TPSA) is 48.9 Å². The Morgan fingerprint density at radius 2 is 2.03 bits per heavy atom. The molecular weight excluding hydrogens is 557 g/mol. The average Bonchev–Trinajstić information content (AvgIpc) is 2.98. The molecule has 0 saturated carbocycles. The van der Waals surface area contributed by atoms with Crippen LogP contribution in [0.3, 0.4) is 0 Å². The molecule has 1 aromatic carbocycles. The van der Waals surface area contributed by atoms with E-state index in [-0.39, 0.29) is 64.5 Å². The van der Waals surface area contributed by atoms with E-state index in [9.17, 15) is 22.0 Å². The van der Waals surface area contributed by atoms with Crippen LogP contribution in [-0.4, -0.2) is 56.4 Å². The molecule has 0 aromatic heterocycles. The highest BCUT2D eigenvalue weighted by Crippen LogP contribution is 2.33. The summed E-state index contributed by atoms with van der Waals surface area (Å²) in [6.07, 6.45) is -3.73. The molecule has 29 heavy (non-hydrogen) atoms. The first-order chi connectivity index (χ1) is 13.1. The number of guanidine groups is 1. The number of hydrogen-bond acceptors (Lipinski definition) is 3. The molecule has 2 N–H and O–H groups in total. The van der Waals surface area contributed by atoms with Crippen molar-refractivity contribution < 1.29 is 26.7 Å². The van der Waals surface area contributed by atoms with Gasteiger partial charge in [0.05, 0.1) is 11.6 Å². The van der Waals surface area contributed by atoms with Gasteiger partial charge in [-0.05, 0) is 18.6 Å². The van der Waals surface area contributed by atoms with Crippen LogP contribution < -0.4 is 15.4 Å². The number of halogens is 8. The van der Waals surface area contributed by atoms with Crippen LogP contribution in [0.5, 0.6) is 5.75 Å². The van der Waals surface area contributed by atoms with E-state index in [1.807, 2.05) is 0 Å². The van der Waals surface area contributed by atoms with Gasteiger partial charge in [-0.3, -0.25) is 9.89 Å². The van der Waals surface area contributed by atoms with Gasteiger partial charge in [0.25, 0.3) is 0 Å². The maximum atomic E-state index is 12.6. The summed E-state index contributed by atoms with van der Waals surface area (Å²) < 4.78 is 67.1. The molecule has 0 spiro atoms. The summed E-state index contributed by atoms with van der Waals surface area (Å²) in [5, 5.41) is 6.09. The Morgan fingerprint density at radius 1 is 1.34 bits per heavy atom. The fourth-order valence-electron chi connectivity index (χ4n) is 2.88. The van der Waals surface area contributed by atoms with Crippen molar-refractivity contribution in [1.82, 2.24) is 15.5 Å². The minimum Gasteiger partial charge on any atom is -0.433 e. The molecule has 0 aliphatic carbocycles. The summed E-state index contributed by atoms with van der Waals surface area (Å²) in [4.78, 5) is 5.30. The highest BCUT2D eigenvalue weighted by molar-refractivity contribution is 14.0. The lowest BCUT2D eigenvalue weighted by molar-refractivity contribution is -0.143. The summed E-state index contributed by atoms with van der Waals surface area (Å²) in [7, 11) is 1.49. The molecule has 2 rings (SSSR count). The predicted octanol–water partition coefficient (Wildman–Crippen LogP) is 4.51. The van der Waals surface area contributed by atoms with E-state index in [4.69, 9.17) is 23.2 Å². The SMILES string of the molecule is CN=C(NCc1cc(Cl)cc(Cl)c1OC(F)F)NC1CCN(CC(F)(F)F)C1.I. The number of nitrogens with one attached hydrogen (secondary N) is 2. The van der Waals surface area contributed by atoms with Gasteiger partial charge in [0.2, 0.25) is 0 Å². The van der Waals surface area contributed by atoms with Gasteiger partial charge >= 0.3 is 12.8 Å². The molecular formula is C16H20Cl2F5IN4O. The first-order valence-corrected chi connectivity index (χ1v) is 9.02. The van der Waals surface area contributed by atoms with Gasteiger partial charge in [-0.2, -0.15) is 22.0 Å². The molecule has 1 fully saturated rings. The Morgan fingerprint density at radius 3 is 2.62 bits per heavy atom. The third kappa shape index (κ3) is 8.85. The Labute approximate surface area is 192 Å². The summed E-state index contributed by atoms with van der Waals surface area (Å²) in [6.45, 7) is -3.49. The van der Waals surface area contributed by atoms with Gasteiger partial charge in [-0.1, -0.05) is 23.2 Å². The number of nitrogens with zero attached hydrogens (tertiary/aromatic N) is 2. The number of alkyl halides is 5. The third-order valence-electron chi connectivity index (χ3n) is 3.98. The lowest BCUT2D eigenvalue weighted by Crippen LogP contribution is -2.45. The van der Waals surface area contributed by atoms with Crippen molar-refractivity contribution in [1.29, 1.82) is 0 Å². The number of benzene rings is 1. The van der Waals surface area contributed by atoms with E-state index in [0.29, 0.717) is 18.9 Å². The molecule has 5 nitrogen and oxygen atoms in total. The molecule has 1 aliphatic rings. The van der Waals surface area contributed by atoms with Crippen LogP contribution in [0, 0.1) is 0 Å². The highest BCUT2D eigenvalue weighted by atomic mass is 127. The van der Waals surface area contributed by atoms with Crippen molar-refractivity contribution >= 4 is 53.1 Å². The fraction of sp³-hybridized carbons (Fsp3) is 0.562. The van der Waals surface area contributed by atoms with E-state index >= 15 is 0 Å². The monoisotopic (exact) mass is 576 g/mol. The Kier molecular flexibility index (Phi) is 10.5. The molecule has 13 heteroatoms. The van der Waals surface area contributed by atoms with Crippen molar-refractivity contribution in [3.05, 3.63) is 27.7 Å². The summed E-state index contributed by atoms with van der Waals surface area (Å²) in [5.74, 6) is 0.0965. The van der Waals surface area contributed by atoms with Gasteiger partial charge in [-0.25, -0.2) is 0 Å². The van der Waals surface area contributed by atoms with Crippen LogP contribution in [0.2, 0.25) is 10.0 Å². The first-order valence-electron chi connectivity index (χ1n) is 8.26. The molecule has 0 amide bonds. The van der Waals surface area contributed by atoms with Crippen LogP contribution in [0.1, 0.15) is 12.0 Å². The zero-order valence-corrected chi connectivity index (χ0v) is 19.0. The molecule has 1 atom stereocenters. The van der Waals surface area contributed by atoms with Crippen LogP contribution >= 0.6 is 47.2 Å². The number of likely N-dealkylation sites (tertiary alicyclic amines) is 1. The molecule has 1 heterocycles. The average molecular weight is 577 g/mol. The second-order valence-electron chi connectivity index (χ2n) is 6.16. The van der Waals surface area contributed by atoms with Crippen molar-refractivity contribution in [3.8, 4) is 5.75 Å². The molecule has 166 valence electrons. The Bertz CT molecular complexity index is 709. The maximum absolute atomic E-state index is 12.6. The van der Waals surface area contributed by atoms with Crippen LogP contribution in [0.15, 0.2) is 17.1 Å². The zero-order chi connectivity index (χ0) is 20.9. The van der Waals surface area contributed by atoms with Crippen LogP contribution in [0.4, 0.5) is 22.0 Å². The summed E-state index contributed by atoms with van der Waals surface area (Å²) >= 11 is 11.8. The van der Waals surface area contributed by atoms with Crippen molar-refractivity contribution in [2.45, 2.75) is 31.8 Å². The standard InChI is InChI=1S/C16H19Cl2F5N4O.HI/c1-24-15(26-11-2-3-27(7-11)8-16(21,22)23)25-6-9-4-10(17)5-12(18)13(9)28-14(19)20;/h4-5,11,14H,2-3,6-8H2,1H3,(H2,24,25,26);1H. The second kappa shape index (κ2) is 11.6. The van der Waals surface area contributed by atoms with Crippen molar-refractivity contribution in [2.24, 2.45) is 4.99 Å². The first kappa shape index (κ1) is 26.2. The Hall–Kier alpha value is -0.790. The second-order valence-corrected chi connectivity index (χ2v) is 7.00. The summed E-state index contributed by atoms with van der Waals surface area (Å²) in [6, 6.07) is 2.48. The normalized spacial score (nSPS) is 18.0. The van der Waals surface area contributed by atoms with E-state index in [1.54, 1.807) is 0 Å². The number of ether oxygens (including phenoxy) is 1. The van der Waals surface area contributed by atoms with Crippen molar-refractivity contribution in [2.75, 3.05) is 26.7 Å². The molecule has 1 aromatic rings. The third-order valence-corrected chi connectivity index (χ3v) is 4.48. The lowest BCUT2D eigenvalue weighted by atomic mass is 10.2. The zero-order valence-electron chi connectivity index (χ0n) is 15.2. The number of aliphatic imine (C=N–C) groups is 1. The molecule has 0 radical (unpaired) electrons. The minimum atomic E-state index is -4.25. The minimum absolute atomic E-state index is 0. The highest BCUT2D eigenvalue weighted by Gasteiger charge is 2.34. The van der Waals surface area contributed by atoms with E-state index in [1.165, 1.54) is 24.1 Å². The lowest BCUT2D eigenvalue weighted by Gasteiger charge is -2.20. The van der Waals surface area contributed by atoms with Gasteiger partial charge in [0.1, 0.15) is 5.75 Å². The smallest absolute Gasteiger partial charge is 0.401 e. The van der Waals surface area contributed by atoms with Gasteiger partial charge in [-0.15, -0.1) is 24.0 Å². The van der Waals surface area contributed by atoms with Crippen LogP contribution in [-0.2, 0) is 6.54 Å². The largest absolute Gasteiger partial charge is 0.433 e. The van der Waals surface area contributed by atoms with Crippen molar-refractivity contribution in [3.63, 3.8) is 0 Å². The molecule has 0 bridgehead atoms. The maximum Gasteiger partial charge on any atom is 0.401 e. The van der Waals surface area contributed by atoms with E-state index in [0.717, 1.165) is 0 Å². The Balaban J connectivity index is 0.00000420. The quantitative estimate of drug-likeness (QED) is 0.226. The fourth-order valence-corrected chi connectivity index (χ4v) is 3.46. The number of hydrogen-bond donors (Lipinski definition) is 2. The van der Waals surface area contributed by atoms with Gasteiger partial charge < -0.3 is 15.4 Å². The summed E-state index contributed by atoms with van der Waals surface area (Å²) in [5.41, 5.74) is 0.283.